The van der Waals surface area contributed by atoms with E-state index in [1.54, 1.807) is 18.2 Å². The molecule has 28 heavy (non-hydrogen) atoms. The zero-order valence-corrected chi connectivity index (χ0v) is 18.2. The van der Waals surface area contributed by atoms with Crippen molar-refractivity contribution in [2.75, 3.05) is 6.61 Å². The van der Waals surface area contributed by atoms with Crippen LogP contribution in [0.4, 0.5) is 0 Å². The number of unbranched alkanes of at least 4 members (excludes halogenated alkanes) is 2. The van der Waals surface area contributed by atoms with E-state index in [4.69, 9.17) is 16.3 Å². The van der Waals surface area contributed by atoms with Gasteiger partial charge in [0.05, 0.1) is 11.6 Å². The van der Waals surface area contributed by atoms with Crippen molar-refractivity contribution < 1.29 is 9.53 Å². The number of hydrogen-bond acceptors (Lipinski definition) is 2. The van der Waals surface area contributed by atoms with Crippen LogP contribution in [0.3, 0.4) is 0 Å². The number of hydrogen-bond donors (Lipinski definition) is 0. The summed E-state index contributed by atoms with van der Waals surface area (Å²) in [5, 5.41) is 0.499. The number of carbonyl (C=O) groups excluding carboxylic acids is 1. The Morgan fingerprint density at radius 3 is 2.46 bits per heavy atom. The van der Waals surface area contributed by atoms with Crippen molar-refractivity contribution in [3.8, 4) is 5.75 Å². The van der Waals surface area contributed by atoms with Crippen LogP contribution in [0.1, 0.15) is 72.5 Å². The Morgan fingerprint density at radius 2 is 1.79 bits per heavy atom. The monoisotopic (exact) mass is 400 g/mol. The van der Waals surface area contributed by atoms with Gasteiger partial charge in [-0.3, -0.25) is 4.79 Å². The molecule has 0 saturated heterocycles. The Balaban J connectivity index is 1.87. The lowest BCUT2D eigenvalue weighted by atomic mass is 9.89. The molecule has 0 aliphatic rings. The van der Waals surface area contributed by atoms with E-state index in [0.717, 1.165) is 25.5 Å². The van der Waals surface area contributed by atoms with Gasteiger partial charge in [-0.05, 0) is 73.9 Å². The van der Waals surface area contributed by atoms with E-state index in [-0.39, 0.29) is 0 Å². The first-order valence-electron chi connectivity index (χ1n) is 10.5. The van der Waals surface area contributed by atoms with Crippen LogP contribution in [0.25, 0.3) is 0 Å². The van der Waals surface area contributed by atoms with Crippen molar-refractivity contribution in [3.05, 3.63) is 63.7 Å². The molecule has 0 N–H and O–H groups in total. The molecule has 0 unspecified atom stereocenters. The fourth-order valence-electron chi connectivity index (χ4n) is 3.56. The van der Waals surface area contributed by atoms with Gasteiger partial charge in [-0.25, -0.2) is 0 Å². The van der Waals surface area contributed by atoms with Crippen molar-refractivity contribution >= 4 is 17.9 Å². The molecule has 0 fully saturated rings. The first-order valence-corrected chi connectivity index (χ1v) is 10.8. The average molecular weight is 401 g/mol. The lowest BCUT2D eigenvalue weighted by molar-refractivity contribution is 0.112. The zero-order chi connectivity index (χ0) is 20.4. The van der Waals surface area contributed by atoms with Crippen molar-refractivity contribution in [2.45, 2.75) is 65.7 Å². The van der Waals surface area contributed by atoms with E-state index in [2.05, 4.69) is 39.0 Å². The Kier molecular flexibility index (Phi) is 9.57. The smallest absolute Gasteiger partial charge is 0.150 e. The molecular formula is C25H33ClO2. The first kappa shape index (κ1) is 22.5. The van der Waals surface area contributed by atoms with Crippen LogP contribution in [0.15, 0.2) is 36.4 Å². The Labute approximate surface area is 175 Å². The van der Waals surface area contributed by atoms with Crippen molar-refractivity contribution in [1.29, 1.82) is 0 Å². The predicted molar refractivity (Wildman–Crippen MR) is 119 cm³/mol. The Morgan fingerprint density at radius 1 is 1.00 bits per heavy atom. The normalized spacial score (nSPS) is 12.0. The molecule has 152 valence electrons. The summed E-state index contributed by atoms with van der Waals surface area (Å²) in [6.45, 7) is 7.27. The zero-order valence-electron chi connectivity index (χ0n) is 17.5. The van der Waals surface area contributed by atoms with Crippen LogP contribution in [-0.4, -0.2) is 12.9 Å². The van der Waals surface area contributed by atoms with E-state index in [1.165, 1.54) is 42.4 Å². The second kappa shape index (κ2) is 11.9. The summed E-state index contributed by atoms with van der Waals surface area (Å²) < 4.78 is 5.85. The quantitative estimate of drug-likeness (QED) is 0.274. The number of ether oxygens (including phenoxy) is 1. The molecule has 3 heteroatoms. The van der Waals surface area contributed by atoms with Gasteiger partial charge in [0.1, 0.15) is 12.0 Å². The minimum absolute atomic E-state index is 0.499. The van der Waals surface area contributed by atoms with Crippen molar-refractivity contribution in [3.63, 3.8) is 0 Å². The van der Waals surface area contributed by atoms with Crippen LogP contribution in [0, 0.1) is 19.8 Å². The highest BCUT2D eigenvalue weighted by Gasteiger charge is 2.11. The van der Waals surface area contributed by atoms with Gasteiger partial charge in [-0.1, -0.05) is 62.4 Å². The summed E-state index contributed by atoms with van der Waals surface area (Å²) >= 11 is 6.19. The van der Waals surface area contributed by atoms with Gasteiger partial charge in [0, 0.05) is 5.56 Å². The van der Waals surface area contributed by atoms with Crippen LogP contribution in [0.5, 0.6) is 5.75 Å². The second-order valence-corrected chi connectivity index (χ2v) is 8.19. The molecule has 0 amide bonds. The number of aldehydes is 1. The first-order chi connectivity index (χ1) is 13.5. The molecule has 0 heterocycles. The molecule has 2 aromatic carbocycles. The summed E-state index contributed by atoms with van der Waals surface area (Å²) in [7, 11) is 0. The maximum Gasteiger partial charge on any atom is 0.150 e. The number of rotatable bonds is 12. The molecule has 0 radical (unpaired) electrons. The van der Waals surface area contributed by atoms with Gasteiger partial charge in [0.15, 0.2) is 0 Å². The Hall–Kier alpha value is -1.80. The summed E-state index contributed by atoms with van der Waals surface area (Å²) in [5.41, 5.74) is 4.75. The highest BCUT2D eigenvalue weighted by Crippen LogP contribution is 2.26. The number of aryl methyl sites for hydroxylation is 2. The molecule has 0 spiro atoms. The van der Waals surface area contributed by atoms with E-state index in [9.17, 15) is 4.79 Å². The van der Waals surface area contributed by atoms with Gasteiger partial charge in [0.25, 0.3) is 0 Å². The third kappa shape index (κ3) is 7.31. The fourth-order valence-corrected chi connectivity index (χ4v) is 3.80. The molecule has 0 aliphatic heterocycles. The van der Waals surface area contributed by atoms with Gasteiger partial charge < -0.3 is 4.74 Å². The summed E-state index contributed by atoms with van der Waals surface area (Å²) in [6, 6.07) is 12.0. The third-order valence-corrected chi connectivity index (χ3v) is 5.71. The van der Waals surface area contributed by atoms with Crippen LogP contribution < -0.4 is 4.74 Å². The molecule has 2 nitrogen and oxygen atoms in total. The average Bonchev–Trinajstić information content (AvgIpc) is 2.68. The number of carbonyl (C=O) groups is 1. The van der Waals surface area contributed by atoms with Gasteiger partial charge >= 0.3 is 0 Å². The fraction of sp³-hybridized carbons (Fsp3) is 0.480. The van der Waals surface area contributed by atoms with E-state index in [0.29, 0.717) is 28.9 Å². The predicted octanol–water partition coefficient (Wildman–Crippen LogP) is 7.37. The SMILES string of the molecule is CCCCC[C@H](CCCOc1ccc(C=O)cc1Cl)Cc1ccc(C)c(C)c1. The van der Waals surface area contributed by atoms with Crippen molar-refractivity contribution in [1.82, 2.24) is 0 Å². The van der Waals surface area contributed by atoms with Crippen molar-refractivity contribution in [2.24, 2.45) is 5.92 Å². The minimum atomic E-state index is 0.499. The highest BCUT2D eigenvalue weighted by molar-refractivity contribution is 6.32. The van der Waals surface area contributed by atoms with E-state index >= 15 is 0 Å². The lowest BCUT2D eigenvalue weighted by Crippen LogP contribution is -2.08. The van der Waals surface area contributed by atoms with E-state index < -0.39 is 0 Å². The molecule has 0 aliphatic carbocycles. The largest absolute Gasteiger partial charge is 0.492 e. The van der Waals surface area contributed by atoms with Gasteiger partial charge in [-0.15, -0.1) is 0 Å². The van der Waals surface area contributed by atoms with Gasteiger partial charge in [0.2, 0.25) is 0 Å². The van der Waals surface area contributed by atoms with Crippen LogP contribution in [0.2, 0.25) is 5.02 Å². The molecule has 2 aromatic rings. The lowest BCUT2D eigenvalue weighted by Gasteiger charge is -2.18. The number of benzene rings is 2. The summed E-state index contributed by atoms with van der Waals surface area (Å²) in [6.07, 6.45) is 9.23. The molecule has 0 aromatic heterocycles. The molecule has 2 rings (SSSR count). The minimum Gasteiger partial charge on any atom is -0.492 e. The molecule has 0 saturated carbocycles. The topological polar surface area (TPSA) is 26.3 Å². The van der Waals surface area contributed by atoms with Gasteiger partial charge in [-0.2, -0.15) is 0 Å². The summed E-state index contributed by atoms with van der Waals surface area (Å²) in [4.78, 5) is 10.8. The van der Waals surface area contributed by atoms with Crippen LogP contribution in [-0.2, 0) is 6.42 Å². The second-order valence-electron chi connectivity index (χ2n) is 7.78. The maximum absolute atomic E-state index is 10.8. The molecule has 1 atom stereocenters. The Bertz CT molecular complexity index is 754. The third-order valence-electron chi connectivity index (χ3n) is 5.42. The summed E-state index contributed by atoms with van der Waals surface area (Å²) in [5.74, 6) is 1.34. The maximum atomic E-state index is 10.8. The molecular weight excluding hydrogens is 368 g/mol. The molecule has 0 bridgehead atoms. The van der Waals surface area contributed by atoms with Crippen LogP contribution >= 0.6 is 11.6 Å². The highest BCUT2D eigenvalue weighted by atomic mass is 35.5. The standard InChI is InChI=1S/C25H33ClO2/c1-4-5-6-8-21(16-22-11-10-19(2)20(3)15-22)9-7-14-28-25-13-12-23(18-27)17-24(25)26/h10-13,15,17-18,21H,4-9,14,16H2,1-3H3/t21-/m1/s1. The number of halogens is 1. The van der Waals surface area contributed by atoms with E-state index in [1.807, 2.05) is 0 Å².